The van der Waals surface area contributed by atoms with Gasteiger partial charge in [0.1, 0.15) is 5.75 Å². The van der Waals surface area contributed by atoms with Gasteiger partial charge in [-0.2, -0.15) is 4.98 Å². The second-order valence-corrected chi connectivity index (χ2v) is 6.83. The summed E-state index contributed by atoms with van der Waals surface area (Å²) in [7, 11) is 0. The van der Waals surface area contributed by atoms with Crippen LogP contribution in [0.1, 0.15) is 11.1 Å². The Labute approximate surface area is 165 Å². The number of nitrogen functional groups attached to an aromatic ring is 2. The fourth-order valence-corrected chi connectivity index (χ4v) is 2.90. The summed E-state index contributed by atoms with van der Waals surface area (Å²) in [4.78, 5) is 21.6. The second-order valence-electron chi connectivity index (χ2n) is 5.98. The van der Waals surface area contributed by atoms with Crippen molar-refractivity contribution in [2.75, 3.05) is 16.4 Å². The van der Waals surface area contributed by atoms with Crippen LogP contribution in [0.15, 0.2) is 47.1 Å². The first kappa shape index (κ1) is 18.7. The number of anilines is 4. The molecule has 0 fully saturated rings. The molecule has 7 nitrogen and oxygen atoms in total. The van der Waals surface area contributed by atoms with Crippen molar-refractivity contribution in [3.63, 3.8) is 0 Å². The SMILES string of the molecule is Cc1cc(N)cc(C)c1Oc1nc(N(C=O)c2ccc(N)cc2)ncc1Br. The molecule has 3 aromatic rings. The number of nitrogens with two attached hydrogens (primary N) is 2. The quantitative estimate of drug-likeness (QED) is 0.468. The number of nitrogens with zero attached hydrogens (tertiary/aromatic N) is 3. The van der Waals surface area contributed by atoms with Gasteiger partial charge in [-0.15, -0.1) is 0 Å². The van der Waals surface area contributed by atoms with Crippen LogP contribution in [0.5, 0.6) is 11.6 Å². The van der Waals surface area contributed by atoms with Gasteiger partial charge in [0, 0.05) is 11.4 Å². The lowest BCUT2D eigenvalue weighted by molar-refractivity contribution is -0.106. The lowest BCUT2D eigenvalue weighted by atomic mass is 10.1. The average molecular weight is 428 g/mol. The molecule has 0 aliphatic heterocycles. The van der Waals surface area contributed by atoms with Crippen molar-refractivity contribution in [1.29, 1.82) is 0 Å². The zero-order valence-electron chi connectivity index (χ0n) is 14.8. The molecule has 1 amide bonds. The van der Waals surface area contributed by atoms with E-state index in [0.717, 1.165) is 11.1 Å². The highest BCUT2D eigenvalue weighted by molar-refractivity contribution is 9.10. The maximum Gasteiger partial charge on any atom is 0.240 e. The third-order valence-electron chi connectivity index (χ3n) is 3.87. The normalized spacial score (nSPS) is 10.5. The van der Waals surface area contributed by atoms with E-state index in [0.29, 0.717) is 39.6 Å². The van der Waals surface area contributed by atoms with Crippen molar-refractivity contribution in [2.45, 2.75) is 13.8 Å². The molecule has 0 bridgehead atoms. The first-order valence-electron chi connectivity index (χ1n) is 8.06. The van der Waals surface area contributed by atoms with Crippen LogP contribution in [-0.2, 0) is 4.79 Å². The van der Waals surface area contributed by atoms with Gasteiger partial charge in [0.25, 0.3) is 0 Å². The van der Waals surface area contributed by atoms with E-state index in [-0.39, 0.29) is 5.95 Å². The number of aromatic nitrogens is 2. The number of rotatable bonds is 5. The van der Waals surface area contributed by atoms with Crippen molar-refractivity contribution in [2.24, 2.45) is 0 Å². The molecular weight excluding hydrogens is 410 g/mol. The average Bonchev–Trinajstić information content (AvgIpc) is 2.62. The molecule has 0 saturated carbocycles. The Morgan fingerprint density at radius 3 is 2.30 bits per heavy atom. The van der Waals surface area contributed by atoms with Gasteiger partial charge >= 0.3 is 0 Å². The zero-order chi connectivity index (χ0) is 19.6. The van der Waals surface area contributed by atoms with E-state index in [2.05, 4.69) is 25.9 Å². The number of aryl methyl sites for hydroxylation is 2. The third kappa shape index (κ3) is 4.01. The lowest BCUT2D eigenvalue weighted by Gasteiger charge is -2.18. The van der Waals surface area contributed by atoms with Gasteiger partial charge in [-0.1, -0.05) is 0 Å². The second kappa shape index (κ2) is 7.63. The molecular formula is C19H18BrN5O2. The van der Waals surface area contributed by atoms with Crippen LogP contribution in [0.2, 0.25) is 0 Å². The van der Waals surface area contributed by atoms with Gasteiger partial charge in [0.05, 0.1) is 16.4 Å². The Balaban J connectivity index is 1.99. The first-order chi connectivity index (χ1) is 12.9. The van der Waals surface area contributed by atoms with Crippen LogP contribution in [0.4, 0.5) is 23.0 Å². The number of amides is 1. The van der Waals surface area contributed by atoms with Crippen LogP contribution in [0, 0.1) is 13.8 Å². The van der Waals surface area contributed by atoms with E-state index in [1.54, 1.807) is 24.3 Å². The summed E-state index contributed by atoms with van der Waals surface area (Å²) < 4.78 is 6.56. The molecule has 8 heteroatoms. The van der Waals surface area contributed by atoms with Gasteiger partial charge in [-0.25, -0.2) is 4.98 Å². The third-order valence-corrected chi connectivity index (χ3v) is 4.42. The zero-order valence-corrected chi connectivity index (χ0v) is 16.4. The van der Waals surface area contributed by atoms with Crippen molar-refractivity contribution < 1.29 is 9.53 Å². The predicted molar refractivity (Wildman–Crippen MR) is 109 cm³/mol. The predicted octanol–water partition coefficient (Wildman–Crippen LogP) is 4.11. The fourth-order valence-electron chi connectivity index (χ4n) is 2.63. The molecule has 0 unspecified atom stereocenters. The van der Waals surface area contributed by atoms with E-state index in [9.17, 15) is 4.79 Å². The van der Waals surface area contributed by atoms with Gasteiger partial charge < -0.3 is 16.2 Å². The molecule has 0 saturated heterocycles. The first-order valence-corrected chi connectivity index (χ1v) is 8.85. The molecule has 0 radical (unpaired) electrons. The van der Waals surface area contributed by atoms with Crippen molar-refractivity contribution >= 4 is 45.4 Å². The minimum absolute atomic E-state index is 0.179. The van der Waals surface area contributed by atoms with E-state index < -0.39 is 0 Å². The highest BCUT2D eigenvalue weighted by atomic mass is 79.9. The van der Waals surface area contributed by atoms with Gasteiger partial charge in [0.2, 0.25) is 18.2 Å². The molecule has 4 N–H and O–H groups in total. The van der Waals surface area contributed by atoms with Crippen LogP contribution < -0.4 is 21.1 Å². The van der Waals surface area contributed by atoms with Gasteiger partial charge in [-0.3, -0.25) is 9.69 Å². The molecule has 0 atom stereocenters. The summed E-state index contributed by atoms with van der Waals surface area (Å²) in [6.45, 7) is 3.81. The largest absolute Gasteiger partial charge is 0.437 e. The maximum absolute atomic E-state index is 11.6. The van der Waals surface area contributed by atoms with Crippen LogP contribution >= 0.6 is 15.9 Å². The Morgan fingerprint density at radius 1 is 1.07 bits per heavy atom. The Kier molecular flexibility index (Phi) is 5.27. The van der Waals surface area contributed by atoms with E-state index in [1.165, 1.54) is 11.1 Å². The topological polar surface area (TPSA) is 107 Å². The summed E-state index contributed by atoms with van der Waals surface area (Å²) in [5.74, 6) is 1.12. The molecule has 0 aliphatic rings. The lowest BCUT2D eigenvalue weighted by Crippen LogP contribution is -2.17. The molecule has 2 aromatic carbocycles. The number of benzene rings is 2. The number of hydrogen-bond donors (Lipinski definition) is 2. The van der Waals surface area contributed by atoms with Crippen molar-refractivity contribution in [3.05, 3.63) is 58.2 Å². The Hall–Kier alpha value is -3.13. The number of carbonyl (C=O) groups excluding carboxylic acids is 1. The minimum Gasteiger partial charge on any atom is -0.437 e. The van der Waals surface area contributed by atoms with Crippen LogP contribution in [0.25, 0.3) is 0 Å². The van der Waals surface area contributed by atoms with Crippen LogP contribution in [-0.4, -0.2) is 16.4 Å². The maximum atomic E-state index is 11.6. The number of ether oxygens (including phenoxy) is 1. The van der Waals surface area contributed by atoms with Crippen molar-refractivity contribution in [3.8, 4) is 11.6 Å². The fraction of sp³-hybridized carbons (Fsp3) is 0.105. The number of hydrogen-bond acceptors (Lipinski definition) is 6. The van der Waals surface area contributed by atoms with Crippen molar-refractivity contribution in [1.82, 2.24) is 9.97 Å². The molecule has 138 valence electrons. The standard InChI is InChI=1S/C19H18BrN5O2/c1-11-7-14(22)8-12(2)17(11)27-18-16(20)9-23-19(24-18)25(10-26)15-5-3-13(21)4-6-15/h3-10H,21-22H2,1-2H3. The summed E-state index contributed by atoms with van der Waals surface area (Å²) in [5.41, 5.74) is 15.2. The molecule has 0 aliphatic carbocycles. The Morgan fingerprint density at radius 2 is 1.70 bits per heavy atom. The molecule has 1 aromatic heterocycles. The molecule has 1 heterocycles. The van der Waals surface area contributed by atoms with Gasteiger partial charge in [0.15, 0.2) is 0 Å². The van der Waals surface area contributed by atoms with E-state index >= 15 is 0 Å². The van der Waals surface area contributed by atoms with E-state index in [1.807, 2.05) is 26.0 Å². The van der Waals surface area contributed by atoms with Gasteiger partial charge in [-0.05, 0) is 77.3 Å². The molecule has 27 heavy (non-hydrogen) atoms. The number of halogens is 1. The monoisotopic (exact) mass is 427 g/mol. The van der Waals surface area contributed by atoms with Crippen LogP contribution in [0.3, 0.4) is 0 Å². The summed E-state index contributed by atoms with van der Waals surface area (Å²) in [5, 5.41) is 0. The summed E-state index contributed by atoms with van der Waals surface area (Å²) >= 11 is 3.39. The molecule has 0 spiro atoms. The summed E-state index contributed by atoms with van der Waals surface area (Å²) in [6.07, 6.45) is 2.17. The highest BCUT2D eigenvalue weighted by Crippen LogP contribution is 2.34. The smallest absolute Gasteiger partial charge is 0.240 e. The van der Waals surface area contributed by atoms with E-state index in [4.69, 9.17) is 16.2 Å². The molecule has 3 rings (SSSR count). The summed E-state index contributed by atoms with van der Waals surface area (Å²) in [6, 6.07) is 10.5. The highest BCUT2D eigenvalue weighted by Gasteiger charge is 2.16. The number of carbonyl (C=O) groups is 1. The minimum atomic E-state index is 0.179. The Bertz CT molecular complexity index is 969.